The lowest BCUT2D eigenvalue weighted by Gasteiger charge is -2.24. The maximum Gasteiger partial charge on any atom is 0.410 e. The van der Waals surface area contributed by atoms with Gasteiger partial charge >= 0.3 is 6.09 Å². The van der Waals surface area contributed by atoms with Crippen molar-refractivity contribution in [3.8, 4) is 11.3 Å². The zero-order valence-electron chi connectivity index (χ0n) is 14.5. The molecule has 0 unspecified atom stereocenters. The van der Waals surface area contributed by atoms with Gasteiger partial charge in [0.2, 0.25) is 0 Å². The number of aromatic nitrogens is 3. The number of hydrogen-bond acceptors (Lipinski definition) is 4. The lowest BCUT2D eigenvalue weighted by Crippen LogP contribution is -2.33. The average molecular weight is 336 g/mol. The average Bonchev–Trinajstić information content (AvgIpc) is 3.19. The van der Waals surface area contributed by atoms with Gasteiger partial charge in [-0.25, -0.2) is 9.78 Å². The number of pyridine rings is 2. The molecule has 6 heteroatoms. The normalized spacial score (nSPS) is 14.0. The molecular formula is C19H20N4O2. The van der Waals surface area contributed by atoms with Gasteiger partial charge in [0, 0.05) is 41.6 Å². The van der Waals surface area contributed by atoms with E-state index in [9.17, 15) is 4.79 Å². The molecule has 1 aliphatic heterocycles. The van der Waals surface area contributed by atoms with Gasteiger partial charge in [-0.05, 0) is 44.5 Å². The van der Waals surface area contributed by atoms with Crippen LogP contribution in [0.3, 0.4) is 0 Å². The van der Waals surface area contributed by atoms with Crippen molar-refractivity contribution in [3.05, 3.63) is 47.9 Å². The number of ether oxygens (including phenoxy) is 1. The number of carbonyl (C=O) groups excluding carboxylic acids is 1. The Kier molecular flexibility index (Phi) is 3.49. The molecule has 25 heavy (non-hydrogen) atoms. The van der Waals surface area contributed by atoms with E-state index in [1.165, 1.54) is 0 Å². The smallest absolute Gasteiger partial charge is 0.410 e. The van der Waals surface area contributed by atoms with Crippen molar-refractivity contribution in [2.45, 2.75) is 39.5 Å². The summed E-state index contributed by atoms with van der Waals surface area (Å²) < 4.78 is 5.51. The largest absolute Gasteiger partial charge is 0.444 e. The Balaban J connectivity index is 1.71. The zero-order valence-corrected chi connectivity index (χ0v) is 14.5. The maximum absolute atomic E-state index is 12.4. The zero-order chi connectivity index (χ0) is 17.6. The van der Waals surface area contributed by atoms with Crippen molar-refractivity contribution in [2.24, 2.45) is 0 Å². The molecule has 6 nitrogen and oxygen atoms in total. The lowest BCUT2D eigenvalue weighted by molar-refractivity contribution is 0.0242. The molecule has 0 radical (unpaired) electrons. The second kappa shape index (κ2) is 5.58. The van der Waals surface area contributed by atoms with E-state index in [0.717, 1.165) is 33.4 Å². The summed E-state index contributed by atoms with van der Waals surface area (Å²) in [5.74, 6) is 0. The summed E-state index contributed by atoms with van der Waals surface area (Å²) in [5, 5.41) is 1.03. The Labute approximate surface area is 145 Å². The molecule has 4 heterocycles. The first-order chi connectivity index (χ1) is 11.9. The highest BCUT2D eigenvalue weighted by Crippen LogP contribution is 2.34. The summed E-state index contributed by atoms with van der Waals surface area (Å²) >= 11 is 0. The van der Waals surface area contributed by atoms with Crippen LogP contribution >= 0.6 is 0 Å². The van der Waals surface area contributed by atoms with Crippen molar-refractivity contribution in [2.75, 3.05) is 0 Å². The third-order valence-electron chi connectivity index (χ3n) is 4.23. The first-order valence-electron chi connectivity index (χ1n) is 8.29. The molecule has 0 aliphatic carbocycles. The number of nitrogens with one attached hydrogen (secondary N) is 1. The van der Waals surface area contributed by atoms with E-state index in [-0.39, 0.29) is 6.09 Å². The van der Waals surface area contributed by atoms with Crippen molar-refractivity contribution in [3.63, 3.8) is 0 Å². The molecular weight excluding hydrogens is 316 g/mol. The quantitative estimate of drug-likeness (QED) is 0.732. The highest BCUT2D eigenvalue weighted by atomic mass is 16.6. The minimum absolute atomic E-state index is 0.295. The summed E-state index contributed by atoms with van der Waals surface area (Å²) in [6.07, 6.45) is 5.15. The van der Waals surface area contributed by atoms with Gasteiger partial charge in [-0.2, -0.15) is 0 Å². The number of fused-ring (bicyclic) bond motifs is 2. The molecule has 4 rings (SSSR count). The molecule has 128 valence electrons. The van der Waals surface area contributed by atoms with Crippen molar-refractivity contribution in [1.29, 1.82) is 0 Å². The highest BCUT2D eigenvalue weighted by Gasteiger charge is 2.30. The number of nitrogens with zero attached hydrogens (tertiary/aromatic N) is 3. The number of carbonyl (C=O) groups is 1. The first-order valence-corrected chi connectivity index (χ1v) is 8.29. The van der Waals surface area contributed by atoms with Gasteiger partial charge in [-0.15, -0.1) is 0 Å². The highest BCUT2D eigenvalue weighted by molar-refractivity contribution is 5.92. The predicted octanol–water partition coefficient (Wildman–Crippen LogP) is 3.88. The molecule has 0 saturated carbocycles. The number of amides is 1. The summed E-state index contributed by atoms with van der Waals surface area (Å²) in [4.78, 5) is 26.2. The van der Waals surface area contributed by atoms with Gasteiger partial charge in [-0.3, -0.25) is 9.88 Å². The molecule has 1 N–H and O–H groups in total. The van der Waals surface area contributed by atoms with Crippen LogP contribution < -0.4 is 0 Å². The second-order valence-corrected chi connectivity index (χ2v) is 7.23. The molecule has 3 aromatic heterocycles. The molecule has 0 fully saturated rings. The predicted molar refractivity (Wildman–Crippen MR) is 94.8 cm³/mol. The van der Waals surface area contributed by atoms with Gasteiger partial charge in [0.15, 0.2) is 0 Å². The Morgan fingerprint density at radius 3 is 2.76 bits per heavy atom. The van der Waals surface area contributed by atoms with Gasteiger partial charge in [0.1, 0.15) is 11.2 Å². The second-order valence-electron chi connectivity index (χ2n) is 7.23. The molecule has 3 aromatic rings. The van der Waals surface area contributed by atoms with Crippen molar-refractivity contribution >= 4 is 17.1 Å². The fourth-order valence-corrected chi connectivity index (χ4v) is 3.16. The summed E-state index contributed by atoms with van der Waals surface area (Å²) in [6, 6.07) is 5.94. The van der Waals surface area contributed by atoms with Crippen LogP contribution in [-0.4, -0.2) is 31.5 Å². The molecule has 1 aliphatic rings. The maximum atomic E-state index is 12.4. The molecule has 0 aromatic carbocycles. The van der Waals surface area contributed by atoms with Gasteiger partial charge in [-0.1, -0.05) is 0 Å². The first kappa shape index (κ1) is 15.6. The monoisotopic (exact) mass is 336 g/mol. The van der Waals surface area contributed by atoms with E-state index in [0.29, 0.717) is 13.1 Å². The van der Waals surface area contributed by atoms with Crippen LogP contribution in [0.2, 0.25) is 0 Å². The van der Waals surface area contributed by atoms with E-state index >= 15 is 0 Å². The Morgan fingerprint density at radius 1 is 1.16 bits per heavy atom. The minimum atomic E-state index is -0.505. The van der Waals surface area contributed by atoms with Crippen molar-refractivity contribution < 1.29 is 9.53 Å². The van der Waals surface area contributed by atoms with E-state index in [1.54, 1.807) is 17.3 Å². The van der Waals surface area contributed by atoms with Gasteiger partial charge in [0.05, 0.1) is 12.2 Å². The third kappa shape index (κ3) is 2.84. The van der Waals surface area contributed by atoms with Crippen LogP contribution in [0.15, 0.2) is 36.8 Å². The Morgan fingerprint density at radius 2 is 1.96 bits per heavy atom. The molecule has 1 amide bonds. The van der Waals surface area contributed by atoms with Crippen molar-refractivity contribution in [1.82, 2.24) is 19.9 Å². The fourth-order valence-electron chi connectivity index (χ4n) is 3.16. The molecule has 0 saturated heterocycles. The van der Waals surface area contributed by atoms with Crippen LogP contribution in [0.1, 0.15) is 31.9 Å². The Bertz CT molecular complexity index is 955. The summed E-state index contributed by atoms with van der Waals surface area (Å²) in [6.45, 7) is 6.67. The lowest BCUT2D eigenvalue weighted by atomic mass is 10.0. The van der Waals surface area contributed by atoms with E-state index < -0.39 is 5.60 Å². The standard InChI is InChI=1S/C19H20N4O2/c1-19(2,3)25-18(24)23-10-12-4-7-20-16(15(12)11-23)13-5-8-21-17-14(13)6-9-22-17/h4-9H,10-11H2,1-3H3,(H,21,22). The summed E-state index contributed by atoms with van der Waals surface area (Å²) in [7, 11) is 0. The number of H-pyrrole nitrogens is 1. The third-order valence-corrected chi connectivity index (χ3v) is 4.23. The Hall–Kier alpha value is -2.89. The fraction of sp³-hybridized carbons (Fsp3) is 0.316. The van der Waals surface area contributed by atoms with Gasteiger partial charge in [0.25, 0.3) is 0 Å². The summed E-state index contributed by atoms with van der Waals surface area (Å²) in [5.41, 5.74) is 4.43. The van der Waals surface area contributed by atoms with Crippen LogP contribution in [0.25, 0.3) is 22.3 Å². The number of rotatable bonds is 1. The molecule has 0 atom stereocenters. The van der Waals surface area contributed by atoms with Crippen LogP contribution in [0, 0.1) is 0 Å². The number of hydrogen-bond donors (Lipinski definition) is 1. The number of aromatic amines is 1. The molecule has 0 bridgehead atoms. The van der Waals surface area contributed by atoms with Crippen LogP contribution in [0.5, 0.6) is 0 Å². The van der Waals surface area contributed by atoms with Crippen LogP contribution in [-0.2, 0) is 17.8 Å². The van der Waals surface area contributed by atoms with Gasteiger partial charge < -0.3 is 9.72 Å². The van der Waals surface area contributed by atoms with E-state index in [1.807, 2.05) is 45.2 Å². The van der Waals surface area contributed by atoms with Crippen LogP contribution in [0.4, 0.5) is 4.79 Å². The topological polar surface area (TPSA) is 71.1 Å². The molecule has 0 spiro atoms. The van der Waals surface area contributed by atoms with E-state index in [4.69, 9.17) is 4.74 Å². The van der Waals surface area contributed by atoms with E-state index in [2.05, 4.69) is 15.0 Å². The SMILES string of the molecule is CC(C)(C)OC(=O)N1Cc2ccnc(-c3ccnc4[nH]ccc34)c2C1. The minimum Gasteiger partial charge on any atom is -0.444 e.